The van der Waals surface area contributed by atoms with E-state index in [1.165, 1.54) is 0 Å². The first-order chi connectivity index (χ1) is 15.2. The molecule has 3 N–H and O–H groups in total. The highest BCUT2D eigenvalue weighted by Gasteiger charge is 2.46. The number of aliphatic hydroxyl groups excluding tert-OH is 1. The molecule has 0 radical (unpaired) electrons. The summed E-state index contributed by atoms with van der Waals surface area (Å²) >= 11 is 6.53. The summed E-state index contributed by atoms with van der Waals surface area (Å²) < 4.78 is 16.8. The first-order valence-electron chi connectivity index (χ1n) is 11.3. The van der Waals surface area contributed by atoms with Gasteiger partial charge in [-0.3, -0.25) is 0 Å². The van der Waals surface area contributed by atoms with Gasteiger partial charge < -0.3 is 30.0 Å². The zero-order valence-electron chi connectivity index (χ0n) is 20.2. The minimum absolute atomic E-state index is 0.107. The van der Waals surface area contributed by atoms with E-state index < -0.39 is 35.0 Å². The van der Waals surface area contributed by atoms with E-state index in [2.05, 4.69) is 10.6 Å². The number of fused-ring (bicyclic) bond motifs is 1. The van der Waals surface area contributed by atoms with Gasteiger partial charge in [-0.05, 0) is 84.1 Å². The second kappa shape index (κ2) is 9.22. The van der Waals surface area contributed by atoms with Crippen LogP contribution in [0, 0.1) is 5.92 Å². The molecule has 0 heterocycles. The zero-order chi connectivity index (χ0) is 24.6. The van der Waals surface area contributed by atoms with Crippen molar-refractivity contribution in [1.29, 1.82) is 0 Å². The molecule has 2 atom stereocenters. The molecule has 1 fully saturated rings. The number of ether oxygens (including phenoxy) is 3. The van der Waals surface area contributed by atoms with Crippen LogP contribution in [0.2, 0.25) is 5.02 Å². The van der Waals surface area contributed by atoms with Gasteiger partial charge in [0.2, 0.25) is 0 Å². The Bertz CT molecular complexity index is 901. The van der Waals surface area contributed by atoms with E-state index in [9.17, 15) is 14.7 Å². The van der Waals surface area contributed by atoms with E-state index >= 15 is 0 Å². The monoisotopic (exact) mass is 482 g/mol. The van der Waals surface area contributed by atoms with Gasteiger partial charge in [-0.2, -0.15) is 0 Å². The summed E-state index contributed by atoms with van der Waals surface area (Å²) in [5, 5.41) is 16.2. The molecule has 184 valence electrons. The number of hydrogen-bond acceptors (Lipinski definition) is 6. The van der Waals surface area contributed by atoms with E-state index in [1.54, 1.807) is 26.8 Å². The fourth-order valence-electron chi connectivity index (χ4n) is 3.84. The molecule has 2 amide bonds. The van der Waals surface area contributed by atoms with Crippen molar-refractivity contribution < 1.29 is 28.9 Å². The number of hydrogen-bond donors (Lipinski definition) is 3. The zero-order valence-corrected chi connectivity index (χ0v) is 21.0. The van der Waals surface area contributed by atoms with Crippen molar-refractivity contribution in [2.45, 2.75) is 83.6 Å². The Morgan fingerprint density at radius 2 is 1.70 bits per heavy atom. The Hall–Kier alpha value is -2.19. The van der Waals surface area contributed by atoms with Gasteiger partial charge in [0.25, 0.3) is 0 Å². The molecule has 3 rings (SSSR count). The van der Waals surface area contributed by atoms with Crippen LogP contribution in [0.4, 0.5) is 9.59 Å². The van der Waals surface area contributed by atoms with Crippen LogP contribution in [0.1, 0.15) is 71.6 Å². The molecular weight excluding hydrogens is 448 g/mol. The third-order valence-electron chi connectivity index (χ3n) is 5.52. The van der Waals surface area contributed by atoms with Crippen molar-refractivity contribution in [2.75, 3.05) is 13.2 Å². The minimum atomic E-state index is -0.636. The topological polar surface area (TPSA) is 106 Å². The Labute approximate surface area is 200 Å². The van der Waals surface area contributed by atoms with E-state index in [0.29, 0.717) is 17.2 Å². The predicted molar refractivity (Wildman–Crippen MR) is 125 cm³/mol. The molecule has 0 aliphatic heterocycles. The summed E-state index contributed by atoms with van der Waals surface area (Å²) in [6, 6.07) is 3.12. The molecule has 1 saturated carbocycles. The predicted octanol–water partition coefficient (Wildman–Crippen LogP) is 4.51. The first kappa shape index (κ1) is 25.4. The molecule has 0 aromatic heterocycles. The molecule has 33 heavy (non-hydrogen) atoms. The van der Waals surface area contributed by atoms with E-state index in [4.69, 9.17) is 25.8 Å². The maximum absolute atomic E-state index is 12.4. The number of benzene rings is 1. The average Bonchev–Trinajstić information content (AvgIpc) is 3.31. The van der Waals surface area contributed by atoms with Crippen LogP contribution in [-0.2, 0) is 15.9 Å². The number of halogens is 1. The molecule has 0 bridgehead atoms. The highest BCUT2D eigenvalue weighted by molar-refractivity contribution is 6.31. The quantitative estimate of drug-likeness (QED) is 0.551. The van der Waals surface area contributed by atoms with E-state index in [1.807, 2.05) is 26.8 Å². The Morgan fingerprint density at radius 3 is 2.24 bits per heavy atom. The van der Waals surface area contributed by atoms with E-state index in [-0.39, 0.29) is 19.1 Å². The summed E-state index contributed by atoms with van der Waals surface area (Å²) in [6.45, 7) is 11.0. The van der Waals surface area contributed by atoms with Gasteiger partial charge in [0.05, 0.1) is 11.6 Å². The fraction of sp³-hybridized carbons (Fsp3) is 0.667. The van der Waals surface area contributed by atoms with Gasteiger partial charge in [0.15, 0.2) is 0 Å². The van der Waals surface area contributed by atoms with Crippen molar-refractivity contribution in [3.8, 4) is 5.75 Å². The molecule has 0 saturated heterocycles. The summed E-state index contributed by atoms with van der Waals surface area (Å²) in [5.74, 6) is 0.314. The highest BCUT2D eigenvalue weighted by Crippen LogP contribution is 2.43. The van der Waals surface area contributed by atoms with E-state index in [0.717, 1.165) is 24.0 Å². The maximum Gasteiger partial charge on any atom is 0.408 e. The molecule has 9 heteroatoms. The molecule has 8 nitrogen and oxygen atoms in total. The number of nitrogens with one attached hydrogen (secondary N) is 2. The lowest BCUT2D eigenvalue weighted by Crippen LogP contribution is -2.44. The first-order valence-corrected chi connectivity index (χ1v) is 11.6. The molecule has 1 aromatic rings. The Balaban J connectivity index is 1.71. The van der Waals surface area contributed by atoms with Crippen molar-refractivity contribution in [1.82, 2.24) is 10.6 Å². The molecule has 2 aliphatic carbocycles. The summed E-state index contributed by atoms with van der Waals surface area (Å²) in [7, 11) is 0. The lowest BCUT2D eigenvalue weighted by molar-refractivity contribution is 0.0466. The number of rotatable bonds is 6. The van der Waals surface area contributed by atoms with Crippen molar-refractivity contribution in [3.63, 3.8) is 0 Å². The van der Waals surface area contributed by atoms with Crippen LogP contribution in [0.3, 0.4) is 0 Å². The number of amides is 2. The summed E-state index contributed by atoms with van der Waals surface area (Å²) in [4.78, 5) is 24.6. The average molecular weight is 483 g/mol. The lowest BCUT2D eigenvalue weighted by atomic mass is 10.0. The summed E-state index contributed by atoms with van der Waals surface area (Å²) in [5.41, 5.74) is -0.00367. The van der Waals surface area contributed by atoms with Crippen LogP contribution in [0.15, 0.2) is 12.1 Å². The minimum Gasteiger partial charge on any atom is -0.491 e. The van der Waals surface area contributed by atoms with Crippen LogP contribution in [0.25, 0.3) is 0 Å². The normalized spacial score (nSPS) is 21.1. The number of aliphatic hydroxyl groups is 1. The number of carbonyl (C=O) groups excluding carboxylic acids is 2. The van der Waals surface area contributed by atoms with Crippen molar-refractivity contribution in [2.24, 2.45) is 5.92 Å². The molecule has 1 aromatic carbocycles. The third-order valence-corrected chi connectivity index (χ3v) is 5.86. The van der Waals surface area contributed by atoms with Gasteiger partial charge in [0, 0.05) is 17.5 Å². The van der Waals surface area contributed by atoms with Gasteiger partial charge in [-0.1, -0.05) is 11.6 Å². The molecule has 0 spiro atoms. The van der Waals surface area contributed by atoms with Crippen molar-refractivity contribution >= 4 is 23.8 Å². The highest BCUT2D eigenvalue weighted by atomic mass is 35.5. The SMILES string of the molecule is CC(C)(C)OC(=O)NC1c2cc(OCC3(NC(=O)OC(C)(C)C)CC3)cc(Cl)c2C[C@H]1CO. The Morgan fingerprint density at radius 1 is 1.09 bits per heavy atom. The number of carbonyl (C=O) groups is 2. The largest absolute Gasteiger partial charge is 0.491 e. The van der Waals surface area contributed by atoms with Crippen LogP contribution in [0.5, 0.6) is 5.75 Å². The third kappa shape index (κ3) is 6.90. The standard InChI is InChI=1S/C24H35ClN2O6/c1-22(2,3)32-20(29)26-19-14(12-28)9-16-17(19)10-15(11-18(16)25)31-13-24(7-8-24)27-21(30)33-23(4,5)6/h10-11,14,19,28H,7-9,12-13H2,1-6H3,(H,26,29)(H,27,30)/t14-,19?/m0/s1. The maximum atomic E-state index is 12.4. The van der Waals surface area contributed by atoms with Gasteiger partial charge in [-0.25, -0.2) is 9.59 Å². The fourth-order valence-corrected chi connectivity index (χ4v) is 4.13. The van der Waals surface area contributed by atoms with Gasteiger partial charge in [-0.15, -0.1) is 0 Å². The van der Waals surface area contributed by atoms with Gasteiger partial charge >= 0.3 is 12.2 Å². The summed E-state index contributed by atoms with van der Waals surface area (Å²) in [6.07, 6.45) is 1.10. The molecular formula is C24H35ClN2O6. The smallest absolute Gasteiger partial charge is 0.408 e. The lowest BCUT2D eigenvalue weighted by Gasteiger charge is -2.25. The van der Waals surface area contributed by atoms with Gasteiger partial charge in [0.1, 0.15) is 23.6 Å². The van der Waals surface area contributed by atoms with Crippen LogP contribution >= 0.6 is 11.6 Å². The van der Waals surface area contributed by atoms with Crippen LogP contribution in [-0.4, -0.2) is 47.2 Å². The second-order valence-corrected chi connectivity index (χ2v) is 11.3. The molecule has 1 unspecified atom stereocenters. The van der Waals surface area contributed by atoms with Crippen LogP contribution < -0.4 is 15.4 Å². The molecule has 2 aliphatic rings. The Kier molecular flexibility index (Phi) is 7.10. The number of alkyl carbamates (subject to hydrolysis) is 2. The van der Waals surface area contributed by atoms with Crippen molar-refractivity contribution in [3.05, 3.63) is 28.3 Å². The second-order valence-electron chi connectivity index (χ2n) is 10.9.